The van der Waals surface area contributed by atoms with Crippen molar-refractivity contribution in [2.45, 2.75) is 6.92 Å². The molecule has 0 saturated carbocycles. The number of rotatable bonds is 2. The minimum atomic E-state index is -0.0998. The van der Waals surface area contributed by atoms with Crippen LogP contribution in [0.15, 0.2) is 42.5 Å². The molecule has 0 atom stereocenters. The van der Waals surface area contributed by atoms with Gasteiger partial charge in [0.15, 0.2) is 0 Å². The van der Waals surface area contributed by atoms with Gasteiger partial charge in [-0.1, -0.05) is 18.2 Å². The van der Waals surface area contributed by atoms with Crippen LogP contribution in [0.3, 0.4) is 0 Å². The topological polar surface area (TPSA) is 41.6 Å². The first-order chi connectivity index (χ1) is 10.1. The molecule has 0 aromatic heterocycles. The van der Waals surface area contributed by atoms with E-state index in [4.69, 9.17) is 4.74 Å². The van der Waals surface area contributed by atoms with E-state index in [1.807, 2.05) is 56.4 Å². The minimum Gasteiger partial charge on any atom is -0.489 e. The Hall–Kier alpha value is -2.49. The van der Waals surface area contributed by atoms with Crippen molar-refractivity contribution in [2.24, 2.45) is 0 Å². The zero-order valence-corrected chi connectivity index (χ0v) is 12.2. The van der Waals surface area contributed by atoms with Gasteiger partial charge < -0.3 is 15.0 Å². The molecule has 0 bridgehead atoms. The van der Waals surface area contributed by atoms with Crippen LogP contribution >= 0.6 is 0 Å². The summed E-state index contributed by atoms with van der Waals surface area (Å²) in [5.41, 5.74) is 3.45. The van der Waals surface area contributed by atoms with Gasteiger partial charge in [-0.15, -0.1) is 0 Å². The average molecular weight is 282 g/mol. The largest absolute Gasteiger partial charge is 0.489 e. The second-order valence-electron chi connectivity index (χ2n) is 5.22. The molecule has 1 aliphatic heterocycles. The third-order valence-corrected chi connectivity index (χ3v) is 3.70. The highest BCUT2D eigenvalue weighted by molar-refractivity contribution is 6.05. The predicted molar refractivity (Wildman–Crippen MR) is 84.3 cm³/mol. The van der Waals surface area contributed by atoms with Crippen LogP contribution in [0.4, 0.5) is 11.4 Å². The molecule has 0 aliphatic carbocycles. The first-order valence-corrected chi connectivity index (χ1v) is 7.00. The molecule has 1 N–H and O–H groups in total. The van der Waals surface area contributed by atoms with Gasteiger partial charge in [0.1, 0.15) is 12.4 Å². The van der Waals surface area contributed by atoms with Crippen LogP contribution in [-0.2, 0) is 0 Å². The van der Waals surface area contributed by atoms with Gasteiger partial charge in [-0.25, -0.2) is 0 Å². The van der Waals surface area contributed by atoms with Crippen molar-refractivity contribution in [1.29, 1.82) is 0 Å². The molecule has 0 spiro atoms. The quantitative estimate of drug-likeness (QED) is 0.920. The van der Waals surface area contributed by atoms with Gasteiger partial charge in [-0.3, -0.25) is 4.79 Å². The fraction of sp³-hybridized carbons (Fsp3) is 0.235. The van der Waals surface area contributed by atoms with E-state index in [2.05, 4.69) is 10.2 Å². The van der Waals surface area contributed by atoms with E-state index in [1.165, 1.54) is 0 Å². The van der Waals surface area contributed by atoms with Gasteiger partial charge in [0.25, 0.3) is 5.91 Å². The molecule has 0 radical (unpaired) electrons. The van der Waals surface area contributed by atoms with Crippen LogP contribution in [0.2, 0.25) is 0 Å². The molecular formula is C17H18N2O2. The van der Waals surface area contributed by atoms with Crippen LogP contribution < -0.4 is 15.0 Å². The number of benzene rings is 2. The van der Waals surface area contributed by atoms with Crippen molar-refractivity contribution >= 4 is 17.3 Å². The zero-order valence-electron chi connectivity index (χ0n) is 12.2. The number of hydrogen-bond acceptors (Lipinski definition) is 3. The zero-order chi connectivity index (χ0) is 14.8. The molecule has 2 aromatic rings. The van der Waals surface area contributed by atoms with E-state index in [9.17, 15) is 4.79 Å². The monoisotopic (exact) mass is 282 g/mol. The second-order valence-corrected chi connectivity index (χ2v) is 5.22. The lowest BCUT2D eigenvalue weighted by atomic mass is 10.1. The number of fused-ring (bicyclic) bond motifs is 1. The maximum Gasteiger partial charge on any atom is 0.255 e. The Morgan fingerprint density at radius 3 is 2.86 bits per heavy atom. The van der Waals surface area contributed by atoms with Gasteiger partial charge in [-0.2, -0.15) is 0 Å². The van der Waals surface area contributed by atoms with Crippen LogP contribution in [0.1, 0.15) is 15.9 Å². The third kappa shape index (κ3) is 2.70. The number of nitrogens with one attached hydrogen (secondary N) is 1. The van der Waals surface area contributed by atoms with Crippen molar-refractivity contribution in [3.8, 4) is 5.75 Å². The number of aryl methyl sites for hydroxylation is 1. The third-order valence-electron chi connectivity index (χ3n) is 3.70. The molecule has 4 nitrogen and oxygen atoms in total. The molecule has 4 heteroatoms. The molecule has 0 unspecified atom stereocenters. The normalized spacial score (nSPS) is 13.3. The molecule has 1 heterocycles. The summed E-state index contributed by atoms with van der Waals surface area (Å²) in [6.07, 6.45) is 0. The van der Waals surface area contributed by atoms with E-state index < -0.39 is 0 Å². The maximum atomic E-state index is 12.3. The molecule has 0 saturated heterocycles. The number of nitrogens with zero attached hydrogens (tertiary/aromatic N) is 1. The first kappa shape index (κ1) is 13.5. The van der Waals surface area contributed by atoms with E-state index in [0.717, 1.165) is 29.2 Å². The highest BCUT2D eigenvalue weighted by atomic mass is 16.5. The summed E-state index contributed by atoms with van der Waals surface area (Å²) in [5, 5.41) is 2.93. The standard InChI is InChI=1S/C17H18N2O2/c1-12-5-3-4-6-14(12)17(20)18-13-7-8-15-16(11-13)21-10-9-19(15)2/h3-8,11H,9-10H2,1-2H3,(H,18,20). The van der Waals surface area contributed by atoms with Crippen molar-refractivity contribution in [3.05, 3.63) is 53.6 Å². The second kappa shape index (κ2) is 5.48. The van der Waals surface area contributed by atoms with Crippen molar-refractivity contribution in [3.63, 3.8) is 0 Å². The van der Waals surface area contributed by atoms with Gasteiger partial charge in [-0.05, 0) is 30.7 Å². The fourth-order valence-electron chi connectivity index (χ4n) is 2.46. The molecule has 1 amide bonds. The van der Waals surface area contributed by atoms with Gasteiger partial charge in [0, 0.05) is 24.4 Å². The molecular weight excluding hydrogens is 264 g/mol. The number of hydrogen-bond donors (Lipinski definition) is 1. The summed E-state index contributed by atoms with van der Waals surface area (Å²) in [5.74, 6) is 0.712. The SMILES string of the molecule is Cc1ccccc1C(=O)Nc1ccc2c(c1)OCCN2C. The minimum absolute atomic E-state index is 0.0998. The summed E-state index contributed by atoms with van der Waals surface area (Å²) >= 11 is 0. The highest BCUT2D eigenvalue weighted by Gasteiger charge is 2.16. The summed E-state index contributed by atoms with van der Waals surface area (Å²) in [6, 6.07) is 13.3. The van der Waals surface area contributed by atoms with Gasteiger partial charge in [0.05, 0.1) is 12.2 Å². The molecule has 21 heavy (non-hydrogen) atoms. The van der Waals surface area contributed by atoms with E-state index in [-0.39, 0.29) is 5.91 Å². The number of carbonyl (C=O) groups excluding carboxylic acids is 1. The number of likely N-dealkylation sites (N-methyl/N-ethyl adjacent to an activating group) is 1. The Bertz CT molecular complexity index is 682. The van der Waals surface area contributed by atoms with Crippen LogP contribution in [0, 0.1) is 6.92 Å². The van der Waals surface area contributed by atoms with E-state index in [1.54, 1.807) is 0 Å². The Balaban J connectivity index is 1.83. The highest BCUT2D eigenvalue weighted by Crippen LogP contribution is 2.33. The smallest absolute Gasteiger partial charge is 0.255 e. The Morgan fingerprint density at radius 2 is 2.05 bits per heavy atom. The Morgan fingerprint density at radius 1 is 1.24 bits per heavy atom. The lowest BCUT2D eigenvalue weighted by Crippen LogP contribution is -2.28. The predicted octanol–water partition coefficient (Wildman–Crippen LogP) is 3.08. The number of ether oxygens (including phenoxy) is 1. The molecule has 1 aliphatic rings. The number of amides is 1. The Kier molecular flexibility index (Phi) is 3.52. The van der Waals surface area contributed by atoms with Gasteiger partial charge >= 0.3 is 0 Å². The van der Waals surface area contributed by atoms with Crippen molar-refractivity contribution in [1.82, 2.24) is 0 Å². The van der Waals surface area contributed by atoms with E-state index in [0.29, 0.717) is 12.2 Å². The lowest BCUT2D eigenvalue weighted by molar-refractivity contribution is 0.102. The number of carbonyl (C=O) groups is 1. The van der Waals surface area contributed by atoms with Crippen molar-refractivity contribution in [2.75, 3.05) is 30.4 Å². The maximum absolute atomic E-state index is 12.3. The molecule has 108 valence electrons. The van der Waals surface area contributed by atoms with Gasteiger partial charge in [0.2, 0.25) is 0 Å². The number of anilines is 2. The van der Waals surface area contributed by atoms with E-state index >= 15 is 0 Å². The first-order valence-electron chi connectivity index (χ1n) is 7.00. The average Bonchev–Trinajstić information content (AvgIpc) is 2.48. The molecule has 0 fully saturated rings. The fourth-order valence-corrected chi connectivity index (χ4v) is 2.46. The van der Waals surface area contributed by atoms with Crippen LogP contribution in [0.5, 0.6) is 5.75 Å². The lowest BCUT2D eigenvalue weighted by Gasteiger charge is -2.28. The molecule has 3 rings (SSSR count). The summed E-state index contributed by atoms with van der Waals surface area (Å²) in [6.45, 7) is 3.47. The molecule has 2 aromatic carbocycles. The summed E-state index contributed by atoms with van der Waals surface area (Å²) in [4.78, 5) is 14.4. The van der Waals surface area contributed by atoms with Crippen molar-refractivity contribution < 1.29 is 9.53 Å². The Labute approximate surface area is 124 Å². The van der Waals surface area contributed by atoms with Crippen LogP contribution in [-0.4, -0.2) is 26.1 Å². The summed E-state index contributed by atoms with van der Waals surface area (Å²) < 4.78 is 5.65. The summed E-state index contributed by atoms with van der Waals surface area (Å²) in [7, 11) is 2.03. The van der Waals surface area contributed by atoms with Crippen LogP contribution in [0.25, 0.3) is 0 Å².